The Bertz CT molecular complexity index is 553. The largest absolute Gasteiger partial charge is 0.383 e. The third-order valence-electron chi connectivity index (χ3n) is 6.09. The van der Waals surface area contributed by atoms with Gasteiger partial charge in [0.05, 0.1) is 18.6 Å². The fraction of sp³-hybridized carbons (Fsp3) is 0.842. The zero-order valence-electron chi connectivity index (χ0n) is 15.9. The summed E-state index contributed by atoms with van der Waals surface area (Å²) in [5, 5.41) is 0. The zero-order valence-corrected chi connectivity index (χ0v) is 15.9. The molecule has 0 aliphatic carbocycles. The van der Waals surface area contributed by atoms with Gasteiger partial charge in [-0.3, -0.25) is 14.4 Å². The lowest BCUT2D eigenvalue weighted by Gasteiger charge is -2.39. The van der Waals surface area contributed by atoms with Crippen LogP contribution >= 0.6 is 0 Å². The predicted molar refractivity (Wildman–Crippen MR) is 96.4 cm³/mol. The van der Waals surface area contributed by atoms with Crippen LogP contribution in [0.3, 0.4) is 0 Å². The van der Waals surface area contributed by atoms with Gasteiger partial charge in [0.1, 0.15) is 0 Å². The van der Waals surface area contributed by atoms with Gasteiger partial charge in [-0.2, -0.15) is 0 Å². The van der Waals surface area contributed by atoms with Crippen LogP contribution in [0.15, 0.2) is 0 Å². The number of rotatable bonds is 5. The highest BCUT2D eigenvalue weighted by Crippen LogP contribution is 2.40. The van der Waals surface area contributed by atoms with E-state index in [0.717, 1.165) is 45.1 Å². The summed E-state index contributed by atoms with van der Waals surface area (Å²) in [6, 6.07) is 0. The molecule has 0 radical (unpaired) electrons. The molecule has 7 nitrogen and oxygen atoms in total. The highest BCUT2D eigenvalue weighted by atomic mass is 16.5. The fourth-order valence-electron chi connectivity index (χ4n) is 4.50. The number of carbonyl (C=O) groups excluding carboxylic acids is 3. The van der Waals surface area contributed by atoms with Crippen LogP contribution in [-0.2, 0) is 19.1 Å². The van der Waals surface area contributed by atoms with Crippen LogP contribution < -0.4 is 0 Å². The van der Waals surface area contributed by atoms with E-state index in [-0.39, 0.29) is 24.3 Å². The van der Waals surface area contributed by atoms with Crippen molar-refractivity contribution in [2.75, 3.05) is 53.0 Å². The third kappa shape index (κ3) is 4.03. The second kappa shape index (κ2) is 8.37. The highest BCUT2D eigenvalue weighted by molar-refractivity contribution is 5.88. The van der Waals surface area contributed by atoms with E-state index in [4.69, 9.17) is 4.74 Å². The second-order valence-electron chi connectivity index (χ2n) is 7.86. The van der Waals surface area contributed by atoms with Gasteiger partial charge in [-0.15, -0.1) is 0 Å². The maximum Gasteiger partial charge on any atom is 0.242 e. The van der Waals surface area contributed by atoms with Gasteiger partial charge >= 0.3 is 0 Å². The van der Waals surface area contributed by atoms with Gasteiger partial charge in [-0.25, -0.2) is 0 Å². The molecule has 7 heteroatoms. The van der Waals surface area contributed by atoms with Crippen molar-refractivity contribution in [2.45, 2.75) is 44.9 Å². The Morgan fingerprint density at radius 3 is 2.65 bits per heavy atom. The molecule has 0 saturated carbocycles. The maximum atomic E-state index is 13.0. The smallest absolute Gasteiger partial charge is 0.242 e. The molecule has 146 valence electrons. The number of hydrogen-bond acceptors (Lipinski definition) is 4. The molecule has 1 spiro atoms. The lowest BCUT2D eigenvalue weighted by Crippen LogP contribution is -2.51. The summed E-state index contributed by atoms with van der Waals surface area (Å²) in [5.41, 5.74) is -0.426. The van der Waals surface area contributed by atoms with Gasteiger partial charge in [0.15, 0.2) is 0 Å². The van der Waals surface area contributed by atoms with E-state index in [0.29, 0.717) is 39.2 Å². The van der Waals surface area contributed by atoms with Gasteiger partial charge in [-0.05, 0) is 32.1 Å². The summed E-state index contributed by atoms with van der Waals surface area (Å²) in [7, 11) is 1.64. The number of likely N-dealkylation sites (tertiary alicyclic amines) is 3. The van der Waals surface area contributed by atoms with Crippen LogP contribution in [0.5, 0.6) is 0 Å². The number of carbonyl (C=O) groups is 3. The van der Waals surface area contributed by atoms with Crippen molar-refractivity contribution in [3.63, 3.8) is 0 Å². The standard InChI is InChI=1S/C19H31N3O4/c1-26-13-12-20-10-5-7-19(18(20)25)8-11-22(15-19)17(24)14-21-9-4-2-3-6-16(21)23/h2-15H2,1H3. The summed E-state index contributed by atoms with van der Waals surface area (Å²) < 4.78 is 5.11. The molecule has 0 aromatic heterocycles. The molecule has 0 N–H and O–H groups in total. The molecule has 26 heavy (non-hydrogen) atoms. The normalized spacial score (nSPS) is 27.3. The Kier molecular flexibility index (Phi) is 6.16. The molecular formula is C19H31N3O4. The van der Waals surface area contributed by atoms with Crippen LogP contribution in [0.4, 0.5) is 0 Å². The summed E-state index contributed by atoms with van der Waals surface area (Å²) in [4.78, 5) is 43.3. The first-order valence-corrected chi connectivity index (χ1v) is 9.90. The number of ether oxygens (including phenoxy) is 1. The van der Waals surface area contributed by atoms with Crippen LogP contribution in [0.25, 0.3) is 0 Å². The average molecular weight is 365 g/mol. The lowest BCUT2D eigenvalue weighted by atomic mass is 9.78. The first-order valence-electron chi connectivity index (χ1n) is 9.90. The number of methoxy groups -OCH3 is 1. The summed E-state index contributed by atoms with van der Waals surface area (Å²) in [6.07, 6.45) is 6.04. The zero-order chi connectivity index (χ0) is 18.6. The van der Waals surface area contributed by atoms with E-state index in [1.165, 1.54) is 0 Å². The van der Waals surface area contributed by atoms with E-state index in [1.807, 2.05) is 4.90 Å². The first-order chi connectivity index (χ1) is 12.6. The molecule has 3 amide bonds. The molecule has 3 saturated heterocycles. The molecule has 1 unspecified atom stereocenters. The van der Waals surface area contributed by atoms with Gasteiger partial charge in [-0.1, -0.05) is 6.42 Å². The minimum atomic E-state index is -0.426. The van der Waals surface area contributed by atoms with E-state index in [9.17, 15) is 14.4 Å². The van der Waals surface area contributed by atoms with Crippen LogP contribution in [0.1, 0.15) is 44.9 Å². The highest BCUT2D eigenvalue weighted by Gasteiger charge is 2.49. The van der Waals surface area contributed by atoms with Crippen molar-refractivity contribution < 1.29 is 19.1 Å². The van der Waals surface area contributed by atoms with Crippen molar-refractivity contribution in [3.05, 3.63) is 0 Å². The Hall–Kier alpha value is -1.63. The SMILES string of the molecule is COCCN1CCCC2(CCN(C(=O)CN3CCCCCC3=O)C2)C1=O. The van der Waals surface area contributed by atoms with Crippen molar-refractivity contribution in [1.82, 2.24) is 14.7 Å². The van der Waals surface area contributed by atoms with E-state index in [2.05, 4.69) is 0 Å². The van der Waals surface area contributed by atoms with Crippen molar-refractivity contribution in [3.8, 4) is 0 Å². The van der Waals surface area contributed by atoms with E-state index in [1.54, 1.807) is 16.9 Å². The first kappa shape index (κ1) is 19.1. The summed E-state index contributed by atoms with van der Waals surface area (Å²) in [5.74, 6) is 0.241. The summed E-state index contributed by atoms with van der Waals surface area (Å²) in [6.45, 7) is 3.89. The van der Waals surface area contributed by atoms with E-state index >= 15 is 0 Å². The minimum Gasteiger partial charge on any atom is -0.383 e. The van der Waals surface area contributed by atoms with Gasteiger partial charge in [0.2, 0.25) is 17.7 Å². The van der Waals surface area contributed by atoms with Gasteiger partial charge in [0, 0.05) is 46.3 Å². The van der Waals surface area contributed by atoms with Crippen molar-refractivity contribution in [1.29, 1.82) is 0 Å². The second-order valence-corrected chi connectivity index (χ2v) is 7.86. The number of amides is 3. The molecule has 3 aliphatic heterocycles. The monoisotopic (exact) mass is 365 g/mol. The third-order valence-corrected chi connectivity index (χ3v) is 6.09. The van der Waals surface area contributed by atoms with Gasteiger partial charge in [0.25, 0.3) is 0 Å². The molecule has 1 atom stereocenters. The molecule has 0 aromatic carbocycles. The Balaban J connectivity index is 1.59. The Labute approximate surface area is 155 Å². The topological polar surface area (TPSA) is 70.2 Å². The van der Waals surface area contributed by atoms with Crippen molar-refractivity contribution >= 4 is 17.7 Å². The molecule has 3 aliphatic rings. The molecule has 3 fully saturated rings. The molecule has 3 heterocycles. The average Bonchev–Trinajstić information content (AvgIpc) is 2.96. The number of hydrogen-bond donors (Lipinski definition) is 0. The molecule has 0 bridgehead atoms. The summed E-state index contributed by atoms with van der Waals surface area (Å²) >= 11 is 0. The number of piperidine rings is 1. The molecule has 3 rings (SSSR count). The number of nitrogens with zero attached hydrogens (tertiary/aromatic N) is 3. The van der Waals surface area contributed by atoms with Crippen LogP contribution in [0.2, 0.25) is 0 Å². The fourth-order valence-corrected chi connectivity index (χ4v) is 4.50. The van der Waals surface area contributed by atoms with Crippen molar-refractivity contribution in [2.24, 2.45) is 5.41 Å². The quantitative estimate of drug-likeness (QED) is 0.725. The predicted octanol–water partition coefficient (Wildman–Crippen LogP) is 0.877. The minimum absolute atomic E-state index is 0.0149. The molecular weight excluding hydrogens is 334 g/mol. The van der Waals surface area contributed by atoms with E-state index < -0.39 is 5.41 Å². The van der Waals surface area contributed by atoms with Crippen LogP contribution in [0, 0.1) is 5.41 Å². The Morgan fingerprint density at radius 1 is 1.04 bits per heavy atom. The lowest BCUT2D eigenvalue weighted by molar-refractivity contribution is -0.147. The maximum absolute atomic E-state index is 13.0. The Morgan fingerprint density at radius 2 is 1.85 bits per heavy atom. The molecule has 0 aromatic rings. The van der Waals surface area contributed by atoms with Crippen LogP contribution in [-0.4, -0.2) is 85.4 Å². The van der Waals surface area contributed by atoms with Gasteiger partial charge < -0.3 is 19.4 Å².